The van der Waals surface area contributed by atoms with Crippen molar-refractivity contribution in [1.82, 2.24) is 0 Å². The SMILES string of the molecule is CC[C@@H](C)[C@H]1[C@@H]2C=C3[C@H]([C@H](C)C[C@H](C)[C@H]3O)[C@@]1(C)/C(=C/C=O)O2. The quantitative estimate of drug-likeness (QED) is 0.490. The molecule has 0 radical (unpaired) electrons. The molecule has 2 aliphatic carbocycles. The number of carbonyl (C=O) groups is 1. The van der Waals surface area contributed by atoms with Gasteiger partial charge in [-0.05, 0) is 41.7 Å². The lowest BCUT2D eigenvalue weighted by Gasteiger charge is -2.52. The lowest BCUT2D eigenvalue weighted by molar-refractivity contribution is -0.104. The monoisotopic (exact) mass is 318 g/mol. The lowest BCUT2D eigenvalue weighted by Crippen LogP contribution is -2.51. The first-order valence-electron chi connectivity index (χ1n) is 9.08. The van der Waals surface area contributed by atoms with Crippen LogP contribution in [-0.4, -0.2) is 23.6 Å². The molecule has 1 saturated carbocycles. The van der Waals surface area contributed by atoms with Crippen molar-refractivity contribution in [2.45, 2.75) is 59.7 Å². The number of carbonyl (C=O) groups excluding carboxylic acids is 1. The standard InChI is InChI=1S/C20H30O3/c1-6-11(2)18-15-10-14-17(12(3)9-13(4)19(14)22)20(18,5)16(23-15)7-8-21/h7-8,10-13,15,17-19,22H,6,9H2,1-5H3/b16-7-/t11-,12-,13+,15+,17+,18+,19-,20-/m1/s1. The van der Waals surface area contributed by atoms with E-state index in [0.717, 1.165) is 30.5 Å². The van der Waals surface area contributed by atoms with Crippen LogP contribution in [0.15, 0.2) is 23.5 Å². The van der Waals surface area contributed by atoms with Crippen LogP contribution in [0.4, 0.5) is 0 Å². The Morgan fingerprint density at radius 2 is 2.13 bits per heavy atom. The summed E-state index contributed by atoms with van der Waals surface area (Å²) in [5.41, 5.74) is 0.962. The van der Waals surface area contributed by atoms with Gasteiger partial charge in [0, 0.05) is 17.4 Å². The number of aliphatic hydroxyl groups excluding tert-OH is 1. The van der Waals surface area contributed by atoms with Crippen LogP contribution >= 0.6 is 0 Å². The zero-order valence-electron chi connectivity index (χ0n) is 15.0. The maximum Gasteiger partial charge on any atom is 0.146 e. The van der Waals surface area contributed by atoms with Crippen molar-refractivity contribution in [1.29, 1.82) is 0 Å². The molecule has 3 heteroatoms. The topological polar surface area (TPSA) is 46.5 Å². The van der Waals surface area contributed by atoms with Gasteiger partial charge in [-0.1, -0.05) is 41.0 Å². The van der Waals surface area contributed by atoms with Gasteiger partial charge >= 0.3 is 0 Å². The van der Waals surface area contributed by atoms with Crippen molar-refractivity contribution in [3.05, 3.63) is 23.5 Å². The summed E-state index contributed by atoms with van der Waals surface area (Å²) in [7, 11) is 0. The number of fused-ring (bicyclic) bond motifs is 4. The first-order chi connectivity index (χ1) is 10.9. The summed E-state index contributed by atoms with van der Waals surface area (Å²) in [6, 6.07) is 0. The Kier molecular flexibility index (Phi) is 4.20. The molecule has 1 heterocycles. The highest BCUT2D eigenvalue weighted by Crippen LogP contribution is 2.64. The molecule has 0 amide bonds. The van der Waals surface area contributed by atoms with Crippen molar-refractivity contribution in [3.8, 4) is 0 Å². The van der Waals surface area contributed by atoms with Crippen LogP contribution in [0, 0.1) is 35.0 Å². The van der Waals surface area contributed by atoms with Gasteiger partial charge in [0.05, 0.1) is 6.10 Å². The van der Waals surface area contributed by atoms with E-state index in [-0.39, 0.29) is 29.5 Å². The molecule has 0 unspecified atom stereocenters. The molecule has 128 valence electrons. The van der Waals surface area contributed by atoms with Crippen molar-refractivity contribution < 1.29 is 14.6 Å². The van der Waals surface area contributed by atoms with Gasteiger partial charge in [0.1, 0.15) is 18.1 Å². The van der Waals surface area contributed by atoms with Crippen molar-refractivity contribution in [2.75, 3.05) is 0 Å². The second kappa shape index (κ2) is 5.77. The Hall–Kier alpha value is -1.09. The Morgan fingerprint density at radius 1 is 1.43 bits per heavy atom. The van der Waals surface area contributed by atoms with E-state index in [1.807, 2.05) is 0 Å². The highest BCUT2D eigenvalue weighted by atomic mass is 16.5. The van der Waals surface area contributed by atoms with E-state index in [0.29, 0.717) is 17.8 Å². The van der Waals surface area contributed by atoms with Crippen molar-refractivity contribution in [3.63, 3.8) is 0 Å². The van der Waals surface area contributed by atoms with Crippen LogP contribution < -0.4 is 0 Å². The fraction of sp³-hybridized carbons (Fsp3) is 0.750. The molecule has 8 atom stereocenters. The van der Waals surface area contributed by atoms with Crippen LogP contribution in [-0.2, 0) is 9.53 Å². The van der Waals surface area contributed by atoms with Gasteiger partial charge < -0.3 is 9.84 Å². The molecule has 0 aromatic carbocycles. The third-order valence-electron chi connectivity index (χ3n) is 6.87. The fourth-order valence-electron chi connectivity index (χ4n) is 5.82. The third-order valence-corrected chi connectivity index (χ3v) is 6.87. The van der Waals surface area contributed by atoms with E-state index in [1.165, 1.54) is 0 Å². The fourth-order valence-corrected chi connectivity index (χ4v) is 5.82. The Labute approximate surface area is 139 Å². The van der Waals surface area contributed by atoms with E-state index in [9.17, 15) is 9.90 Å². The molecule has 3 nitrogen and oxygen atoms in total. The number of rotatable bonds is 3. The minimum atomic E-state index is -0.380. The number of hydrogen-bond acceptors (Lipinski definition) is 3. The highest BCUT2D eigenvalue weighted by Gasteiger charge is 2.62. The molecule has 1 aliphatic heterocycles. The number of ether oxygens (including phenoxy) is 1. The highest BCUT2D eigenvalue weighted by molar-refractivity contribution is 5.66. The van der Waals surface area contributed by atoms with Gasteiger partial charge in [-0.15, -0.1) is 0 Å². The average Bonchev–Trinajstić information content (AvgIpc) is 2.69. The molecule has 0 spiro atoms. The van der Waals surface area contributed by atoms with Gasteiger partial charge in [-0.25, -0.2) is 0 Å². The largest absolute Gasteiger partial charge is 0.490 e. The molecule has 1 saturated heterocycles. The summed E-state index contributed by atoms with van der Waals surface area (Å²) >= 11 is 0. The Balaban J connectivity index is 2.15. The Bertz CT molecular complexity index is 549. The summed E-state index contributed by atoms with van der Waals surface area (Å²) < 4.78 is 6.23. The van der Waals surface area contributed by atoms with Gasteiger partial charge in [0.2, 0.25) is 0 Å². The minimum absolute atomic E-state index is 0.0143. The van der Waals surface area contributed by atoms with Gasteiger partial charge in [-0.2, -0.15) is 0 Å². The Morgan fingerprint density at radius 3 is 2.74 bits per heavy atom. The maximum absolute atomic E-state index is 11.2. The zero-order chi connectivity index (χ0) is 16.9. The zero-order valence-corrected chi connectivity index (χ0v) is 15.0. The second-order valence-electron chi connectivity index (χ2n) is 8.22. The first kappa shape index (κ1) is 16.8. The van der Waals surface area contributed by atoms with Crippen molar-refractivity contribution >= 4 is 6.29 Å². The van der Waals surface area contributed by atoms with E-state index >= 15 is 0 Å². The van der Waals surface area contributed by atoms with Crippen LogP contribution in [0.5, 0.6) is 0 Å². The van der Waals surface area contributed by atoms with E-state index < -0.39 is 0 Å². The predicted molar refractivity (Wildman–Crippen MR) is 90.6 cm³/mol. The number of aldehydes is 1. The third kappa shape index (κ3) is 2.23. The lowest BCUT2D eigenvalue weighted by atomic mass is 9.51. The van der Waals surface area contributed by atoms with Crippen LogP contribution in [0.3, 0.4) is 0 Å². The molecule has 23 heavy (non-hydrogen) atoms. The number of hydrogen-bond donors (Lipinski definition) is 1. The molecule has 3 rings (SSSR count). The summed E-state index contributed by atoms with van der Waals surface area (Å²) in [6.07, 6.45) is 6.37. The molecule has 0 aromatic heterocycles. The summed E-state index contributed by atoms with van der Waals surface area (Å²) in [5.74, 6) is 2.74. The number of aliphatic hydroxyl groups is 1. The molecular weight excluding hydrogens is 288 g/mol. The molecule has 1 N–H and O–H groups in total. The van der Waals surface area contributed by atoms with Crippen LogP contribution in [0.1, 0.15) is 47.5 Å². The van der Waals surface area contributed by atoms with Crippen LogP contribution in [0.2, 0.25) is 0 Å². The molecule has 2 fully saturated rings. The van der Waals surface area contributed by atoms with Gasteiger partial charge in [-0.3, -0.25) is 4.79 Å². The van der Waals surface area contributed by atoms with E-state index in [1.54, 1.807) is 6.08 Å². The maximum atomic E-state index is 11.2. The summed E-state index contributed by atoms with van der Waals surface area (Å²) in [6.45, 7) is 11.2. The molecular formula is C20H30O3. The van der Waals surface area contributed by atoms with Gasteiger partial charge in [0.25, 0.3) is 0 Å². The van der Waals surface area contributed by atoms with Crippen LogP contribution in [0.25, 0.3) is 0 Å². The normalized spacial score (nSPS) is 48.4. The first-order valence-corrected chi connectivity index (χ1v) is 9.08. The molecule has 0 aromatic rings. The molecule has 3 aliphatic rings. The summed E-state index contributed by atoms with van der Waals surface area (Å²) in [5, 5.41) is 10.8. The van der Waals surface area contributed by atoms with Crippen molar-refractivity contribution in [2.24, 2.45) is 35.0 Å². The minimum Gasteiger partial charge on any atom is -0.490 e. The number of allylic oxidation sites excluding steroid dienone is 2. The molecule has 2 bridgehead atoms. The summed E-state index contributed by atoms with van der Waals surface area (Å²) in [4.78, 5) is 11.2. The predicted octanol–water partition coefficient (Wildman–Crippen LogP) is 3.73. The average molecular weight is 318 g/mol. The van der Waals surface area contributed by atoms with E-state index in [4.69, 9.17) is 4.74 Å². The van der Waals surface area contributed by atoms with E-state index in [2.05, 4.69) is 40.7 Å². The second-order valence-corrected chi connectivity index (χ2v) is 8.22. The smallest absolute Gasteiger partial charge is 0.146 e. The van der Waals surface area contributed by atoms with Gasteiger partial charge in [0.15, 0.2) is 0 Å².